The van der Waals surface area contributed by atoms with Crippen LogP contribution in [-0.2, 0) is 11.3 Å². The zero-order valence-corrected chi connectivity index (χ0v) is 13.2. The lowest BCUT2D eigenvalue weighted by Crippen LogP contribution is -2.48. The van der Waals surface area contributed by atoms with Crippen LogP contribution in [-0.4, -0.2) is 55.5 Å². The molecule has 2 rings (SSSR count). The van der Waals surface area contributed by atoms with Crippen molar-refractivity contribution in [2.75, 3.05) is 33.7 Å². The third-order valence-corrected chi connectivity index (χ3v) is 4.26. The minimum absolute atomic E-state index is 0.246. The predicted molar refractivity (Wildman–Crippen MR) is 86.1 cm³/mol. The molecule has 0 aromatic heterocycles. The second-order valence-electron chi connectivity index (χ2n) is 5.87. The molecule has 116 valence electrons. The van der Waals surface area contributed by atoms with Crippen molar-refractivity contribution in [1.29, 1.82) is 0 Å². The third-order valence-electron chi connectivity index (χ3n) is 4.26. The first-order valence-corrected chi connectivity index (χ1v) is 7.87. The van der Waals surface area contributed by atoms with Crippen molar-refractivity contribution >= 4 is 5.91 Å². The Morgan fingerprint density at radius 3 is 2.86 bits per heavy atom. The van der Waals surface area contributed by atoms with Gasteiger partial charge in [0.05, 0.1) is 0 Å². The summed E-state index contributed by atoms with van der Waals surface area (Å²) in [4.78, 5) is 16.6. The molecule has 1 aromatic rings. The Morgan fingerprint density at radius 1 is 1.38 bits per heavy atom. The fourth-order valence-electron chi connectivity index (χ4n) is 2.94. The average molecular weight is 289 g/mol. The summed E-state index contributed by atoms with van der Waals surface area (Å²) < 4.78 is 0. The molecule has 1 unspecified atom stereocenters. The van der Waals surface area contributed by atoms with Crippen LogP contribution in [0.4, 0.5) is 0 Å². The predicted octanol–water partition coefficient (Wildman–Crippen LogP) is 1.72. The lowest BCUT2D eigenvalue weighted by molar-refractivity contribution is -0.132. The van der Waals surface area contributed by atoms with Gasteiger partial charge >= 0.3 is 0 Å². The van der Waals surface area contributed by atoms with Gasteiger partial charge in [-0.1, -0.05) is 30.3 Å². The minimum atomic E-state index is 0.246. The number of benzene rings is 1. The van der Waals surface area contributed by atoms with Crippen LogP contribution >= 0.6 is 0 Å². The van der Waals surface area contributed by atoms with Crippen molar-refractivity contribution in [2.45, 2.75) is 31.8 Å². The molecule has 4 nitrogen and oxygen atoms in total. The summed E-state index contributed by atoms with van der Waals surface area (Å²) in [5.74, 6) is 0.246. The van der Waals surface area contributed by atoms with E-state index < -0.39 is 0 Å². The molecule has 0 aliphatic carbocycles. The minimum Gasteiger partial charge on any atom is -0.341 e. The standard InChI is InChI=1S/C17H27N3O/c1-18-11-10-17(21)19(2)16-9-6-12-20(14-16)13-15-7-4-3-5-8-15/h3-5,7-8,16,18H,6,9-14H2,1-2H3. The molecule has 1 aliphatic rings. The van der Waals surface area contributed by atoms with E-state index in [0.717, 1.165) is 32.6 Å². The highest BCUT2D eigenvalue weighted by atomic mass is 16.2. The SMILES string of the molecule is CNCCC(=O)N(C)C1CCCN(Cc2ccccc2)C1. The lowest BCUT2D eigenvalue weighted by Gasteiger charge is -2.37. The highest BCUT2D eigenvalue weighted by Gasteiger charge is 2.25. The number of carbonyl (C=O) groups is 1. The molecule has 1 atom stereocenters. The lowest BCUT2D eigenvalue weighted by atomic mass is 10.0. The van der Waals surface area contributed by atoms with Gasteiger partial charge < -0.3 is 10.2 Å². The zero-order valence-electron chi connectivity index (χ0n) is 13.2. The van der Waals surface area contributed by atoms with Gasteiger partial charge in [0.15, 0.2) is 0 Å². The first-order valence-electron chi connectivity index (χ1n) is 7.87. The smallest absolute Gasteiger partial charge is 0.223 e. The van der Waals surface area contributed by atoms with E-state index in [0.29, 0.717) is 12.5 Å². The summed E-state index contributed by atoms with van der Waals surface area (Å²) in [7, 11) is 3.84. The Bertz CT molecular complexity index is 435. The number of nitrogens with one attached hydrogen (secondary N) is 1. The Hall–Kier alpha value is -1.39. The summed E-state index contributed by atoms with van der Waals surface area (Å²) in [6.07, 6.45) is 2.87. The summed E-state index contributed by atoms with van der Waals surface area (Å²) in [5, 5.41) is 3.04. The van der Waals surface area contributed by atoms with Crippen LogP contribution in [0.2, 0.25) is 0 Å². The maximum atomic E-state index is 12.1. The fraction of sp³-hybridized carbons (Fsp3) is 0.588. The van der Waals surface area contributed by atoms with E-state index in [1.807, 2.05) is 19.0 Å². The molecule has 1 amide bonds. The molecule has 0 radical (unpaired) electrons. The van der Waals surface area contributed by atoms with Gasteiger partial charge in [-0.05, 0) is 32.0 Å². The molecular weight excluding hydrogens is 262 g/mol. The van der Waals surface area contributed by atoms with E-state index in [1.165, 1.54) is 12.0 Å². The van der Waals surface area contributed by atoms with Crippen molar-refractivity contribution in [3.8, 4) is 0 Å². The molecular formula is C17H27N3O. The molecule has 0 saturated carbocycles. The van der Waals surface area contributed by atoms with Crippen LogP contribution in [0.1, 0.15) is 24.8 Å². The number of hydrogen-bond donors (Lipinski definition) is 1. The molecule has 1 aliphatic heterocycles. The van der Waals surface area contributed by atoms with Gasteiger partial charge in [-0.25, -0.2) is 0 Å². The monoisotopic (exact) mass is 289 g/mol. The first-order chi connectivity index (χ1) is 10.2. The Morgan fingerprint density at radius 2 is 2.14 bits per heavy atom. The summed E-state index contributed by atoms with van der Waals surface area (Å²) in [5.41, 5.74) is 1.35. The summed E-state index contributed by atoms with van der Waals surface area (Å²) in [6, 6.07) is 10.9. The van der Waals surface area contributed by atoms with Crippen molar-refractivity contribution < 1.29 is 4.79 Å². The van der Waals surface area contributed by atoms with Crippen molar-refractivity contribution in [1.82, 2.24) is 15.1 Å². The Balaban J connectivity index is 1.86. The normalized spacial score (nSPS) is 19.4. The van der Waals surface area contributed by atoms with Crippen LogP contribution in [0.5, 0.6) is 0 Å². The van der Waals surface area contributed by atoms with Crippen LogP contribution in [0.25, 0.3) is 0 Å². The number of hydrogen-bond acceptors (Lipinski definition) is 3. The Labute approximate surface area is 128 Å². The largest absolute Gasteiger partial charge is 0.341 e. The van der Waals surface area contributed by atoms with Gasteiger partial charge in [0.1, 0.15) is 0 Å². The second-order valence-corrected chi connectivity index (χ2v) is 5.87. The first kappa shape index (κ1) is 16.0. The third kappa shape index (κ3) is 4.83. The van der Waals surface area contributed by atoms with Gasteiger partial charge in [-0.2, -0.15) is 0 Å². The molecule has 1 saturated heterocycles. The van der Waals surface area contributed by atoms with Crippen molar-refractivity contribution in [3.05, 3.63) is 35.9 Å². The quantitative estimate of drug-likeness (QED) is 0.866. The van der Waals surface area contributed by atoms with Gasteiger partial charge in [0, 0.05) is 39.1 Å². The number of nitrogens with zero attached hydrogens (tertiary/aromatic N) is 2. The molecule has 1 aromatic carbocycles. The summed E-state index contributed by atoms with van der Waals surface area (Å²) >= 11 is 0. The van der Waals surface area contributed by atoms with Gasteiger partial charge in [0.25, 0.3) is 0 Å². The molecule has 0 bridgehead atoms. The molecule has 1 N–H and O–H groups in total. The van der Waals surface area contributed by atoms with Crippen LogP contribution in [0.3, 0.4) is 0 Å². The maximum absolute atomic E-state index is 12.1. The van der Waals surface area contributed by atoms with E-state index in [-0.39, 0.29) is 5.91 Å². The van der Waals surface area contributed by atoms with Crippen LogP contribution in [0, 0.1) is 0 Å². The number of likely N-dealkylation sites (tertiary alicyclic amines) is 1. The summed E-state index contributed by atoms with van der Waals surface area (Å²) in [6.45, 7) is 3.85. The van der Waals surface area contributed by atoms with E-state index in [9.17, 15) is 4.79 Å². The van der Waals surface area contributed by atoms with E-state index in [4.69, 9.17) is 0 Å². The van der Waals surface area contributed by atoms with Gasteiger partial charge in [0.2, 0.25) is 5.91 Å². The topological polar surface area (TPSA) is 35.6 Å². The van der Waals surface area contributed by atoms with Crippen molar-refractivity contribution in [3.63, 3.8) is 0 Å². The zero-order chi connectivity index (χ0) is 15.1. The Kier molecular flexibility index (Phi) is 6.21. The molecule has 1 heterocycles. The number of amides is 1. The van der Waals surface area contributed by atoms with Crippen LogP contribution in [0.15, 0.2) is 30.3 Å². The molecule has 4 heteroatoms. The average Bonchev–Trinajstić information content (AvgIpc) is 2.53. The van der Waals surface area contributed by atoms with E-state index in [1.54, 1.807) is 0 Å². The number of carbonyl (C=O) groups excluding carboxylic acids is 1. The maximum Gasteiger partial charge on any atom is 0.223 e. The fourth-order valence-corrected chi connectivity index (χ4v) is 2.94. The van der Waals surface area contributed by atoms with Gasteiger partial charge in [-0.3, -0.25) is 9.69 Å². The molecule has 0 spiro atoms. The van der Waals surface area contributed by atoms with E-state index >= 15 is 0 Å². The number of likely N-dealkylation sites (N-methyl/N-ethyl adjacent to an activating group) is 1. The highest BCUT2D eigenvalue weighted by molar-refractivity contribution is 5.76. The number of rotatable bonds is 6. The van der Waals surface area contributed by atoms with Gasteiger partial charge in [-0.15, -0.1) is 0 Å². The van der Waals surface area contributed by atoms with Crippen molar-refractivity contribution in [2.24, 2.45) is 0 Å². The molecule has 21 heavy (non-hydrogen) atoms. The molecule has 1 fully saturated rings. The number of piperidine rings is 1. The highest BCUT2D eigenvalue weighted by Crippen LogP contribution is 2.17. The van der Waals surface area contributed by atoms with Crippen LogP contribution < -0.4 is 5.32 Å². The second kappa shape index (κ2) is 8.15. The van der Waals surface area contributed by atoms with E-state index in [2.05, 4.69) is 40.5 Å².